The third-order valence-corrected chi connectivity index (χ3v) is 5.94. The van der Waals surface area contributed by atoms with E-state index in [-0.39, 0.29) is 11.9 Å². The van der Waals surface area contributed by atoms with Crippen molar-refractivity contribution in [3.05, 3.63) is 71.5 Å². The molecule has 2 aromatic carbocycles. The van der Waals surface area contributed by atoms with Gasteiger partial charge in [0.05, 0.1) is 28.1 Å². The summed E-state index contributed by atoms with van der Waals surface area (Å²) in [5.74, 6) is -0.0843. The summed E-state index contributed by atoms with van der Waals surface area (Å²) in [6.45, 7) is 0.720. The minimum atomic E-state index is -0.0843. The first-order chi connectivity index (χ1) is 13.3. The number of para-hydroxylation sites is 2. The summed E-state index contributed by atoms with van der Waals surface area (Å²) < 4.78 is 1.15. The molecule has 1 saturated heterocycles. The van der Waals surface area contributed by atoms with Crippen LogP contribution in [0, 0.1) is 0 Å². The molecule has 1 aliphatic rings. The lowest BCUT2D eigenvalue weighted by molar-refractivity contribution is 0.0729. The van der Waals surface area contributed by atoms with Crippen molar-refractivity contribution in [3.8, 4) is 5.69 Å². The van der Waals surface area contributed by atoms with E-state index in [1.54, 1.807) is 17.5 Å². The van der Waals surface area contributed by atoms with Crippen LogP contribution in [-0.4, -0.2) is 37.3 Å². The fourth-order valence-corrected chi connectivity index (χ4v) is 4.61. The molecular formula is C20H17N5OS. The Hall–Kier alpha value is -3.06. The maximum atomic E-state index is 13.1. The van der Waals surface area contributed by atoms with Crippen LogP contribution in [0.15, 0.2) is 60.8 Å². The first-order valence-electron chi connectivity index (χ1n) is 8.94. The van der Waals surface area contributed by atoms with Crippen LogP contribution in [0.3, 0.4) is 0 Å². The van der Waals surface area contributed by atoms with Crippen molar-refractivity contribution >= 4 is 27.5 Å². The van der Waals surface area contributed by atoms with Crippen LogP contribution in [0.4, 0.5) is 0 Å². The number of hydrogen-bond donors (Lipinski definition) is 0. The fourth-order valence-electron chi connectivity index (χ4n) is 3.49. The van der Waals surface area contributed by atoms with Crippen LogP contribution in [0.25, 0.3) is 15.9 Å². The highest BCUT2D eigenvalue weighted by Gasteiger charge is 2.34. The normalized spacial score (nSPS) is 16.9. The second kappa shape index (κ2) is 6.59. The Morgan fingerprint density at radius 2 is 1.89 bits per heavy atom. The van der Waals surface area contributed by atoms with E-state index < -0.39 is 0 Å². The summed E-state index contributed by atoms with van der Waals surface area (Å²) in [6.07, 6.45) is 3.45. The smallest absolute Gasteiger partial charge is 0.276 e. The monoisotopic (exact) mass is 375 g/mol. The summed E-state index contributed by atoms with van der Waals surface area (Å²) in [4.78, 5) is 21.2. The van der Waals surface area contributed by atoms with E-state index in [2.05, 4.69) is 16.3 Å². The standard InChI is InChI=1S/C20H17N5OS/c26-20(16-13-21-25(23-16)14-7-2-1-3-8-14)24-12-6-10-17(24)19-22-15-9-4-5-11-18(15)27-19/h1-5,7-9,11,13,17H,6,10,12H2/t17-/m0/s1. The Bertz CT molecular complexity index is 1070. The second-order valence-corrected chi connectivity index (χ2v) is 7.59. The van der Waals surface area contributed by atoms with Crippen molar-refractivity contribution in [2.24, 2.45) is 0 Å². The van der Waals surface area contributed by atoms with Gasteiger partial charge in [-0.15, -0.1) is 16.4 Å². The van der Waals surface area contributed by atoms with E-state index in [9.17, 15) is 4.79 Å². The number of carbonyl (C=O) groups excluding carboxylic acids is 1. The van der Waals surface area contributed by atoms with Gasteiger partial charge in [-0.2, -0.15) is 9.90 Å². The van der Waals surface area contributed by atoms with Gasteiger partial charge in [0.1, 0.15) is 5.01 Å². The van der Waals surface area contributed by atoms with E-state index in [4.69, 9.17) is 4.98 Å². The van der Waals surface area contributed by atoms with Crippen molar-refractivity contribution < 1.29 is 4.79 Å². The van der Waals surface area contributed by atoms with E-state index >= 15 is 0 Å². The molecule has 6 nitrogen and oxygen atoms in total. The molecule has 2 aromatic heterocycles. The topological polar surface area (TPSA) is 63.9 Å². The molecule has 27 heavy (non-hydrogen) atoms. The number of fused-ring (bicyclic) bond motifs is 1. The van der Waals surface area contributed by atoms with Crippen LogP contribution in [0.1, 0.15) is 34.4 Å². The summed E-state index contributed by atoms with van der Waals surface area (Å²) >= 11 is 1.67. The zero-order valence-electron chi connectivity index (χ0n) is 14.5. The van der Waals surface area contributed by atoms with Gasteiger partial charge in [-0.25, -0.2) is 4.98 Å². The average molecular weight is 375 g/mol. The number of hydrogen-bond acceptors (Lipinski definition) is 5. The molecule has 134 valence electrons. The molecule has 4 aromatic rings. The van der Waals surface area contributed by atoms with Crippen LogP contribution >= 0.6 is 11.3 Å². The van der Waals surface area contributed by atoms with E-state index in [1.807, 2.05) is 53.4 Å². The van der Waals surface area contributed by atoms with Crippen molar-refractivity contribution in [1.82, 2.24) is 24.9 Å². The lowest BCUT2D eigenvalue weighted by atomic mass is 10.2. The SMILES string of the molecule is O=C(c1cnn(-c2ccccc2)n1)N1CCC[C@H]1c1nc2ccccc2s1. The third kappa shape index (κ3) is 2.90. The van der Waals surface area contributed by atoms with Crippen LogP contribution in [0.5, 0.6) is 0 Å². The van der Waals surface area contributed by atoms with Gasteiger partial charge in [-0.1, -0.05) is 30.3 Å². The lowest BCUT2D eigenvalue weighted by Crippen LogP contribution is -2.30. The molecule has 0 bridgehead atoms. The molecule has 0 saturated carbocycles. The highest BCUT2D eigenvalue weighted by atomic mass is 32.1. The first-order valence-corrected chi connectivity index (χ1v) is 9.75. The highest BCUT2D eigenvalue weighted by Crippen LogP contribution is 2.37. The third-order valence-electron chi connectivity index (χ3n) is 4.81. The zero-order chi connectivity index (χ0) is 18.2. The predicted molar refractivity (Wildman–Crippen MR) is 104 cm³/mol. The fraction of sp³-hybridized carbons (Fsp3) is 0.200. The molecule has 1 amide bonds. The first kappa shape index (κ1) is 16.1. The van der Waals surface area contributed by atoms with Gasteiger partial charge in [-0.3, -0.25) is 4.79 Å². The second-order valence-electron chi connectivity index (χ2n) is 6.53. The van der Waals surface area contributed by atoms with Gasteiger partial charge in [-0.05, 0) is 37.1 Å². The maximum Gasteiger partial charge on any atom is 0.276 e. The summed E-state index contributed by atoms with van der Waals surface area (Å²) in [6, 6.07) is 17.7. The molecule has 1 aliphatic heterocycles. The number of thiazole rings is 1. The quantitative estimate of drug-likeness (QED) is 0.545. The zero-order valence-corrected chi connectivity index (χ0v) is 15.3. The molecule has 0 spiro atoms. The van der Waals surface area contributed by atoms with E-state index in [0.717, 1.165) is 40.3 Å². The van der Waals surface area contributed by atoms with Gasteiger partial charge in [0.25, 0.3) is 5.91 Å². The minimum absolute atomic E-state index is 0.0109. The minimum Gasteiger partial charge on any atom is -0.328 e. The summed E-state index contributed by atoms with van der Waals surface area (Å²) in [5.41, 5.74) is 2.19. The molecule has 1 fully saturated rings. The number of benzene rings is 2. The van der Waals surface area contributed by atoms with Crippen molar-refractivity contribution in [1.29, 1.82) is 0 Å². The van der Waals surface area contributed by atoms with Crippen molar-refractivity contribution in [3.63, 3.8) is 0 Å². The molecule has 0 aliphatic carbocycles. The summed E-state index contributed by atoms with van der Waals surface area (Å²) in [5, 5.41) is 9.65. The molecule has 0 N–H and O–H groups in total. The van der Waals surface area contributed by atoms with Crippen LogP contribution in [0.2, 0.25) is 0 Å². The molecule has 0 radical (unpaired) electrons. The Balaban J connectivity index is 1.43. The highest BCUT2D eigenvalue weighted by molar-refractivity contribution is 7.18. The van der Waals surface area contributed by atoms with Gasteiger partial charge in [0, 0.05) is 6.54 Å². The Labute approximate surface area is 160 Å². The molecule has 0 unspecified atom stereocenters. The lowest BCUT2D eigenvalue weighted by Gasteiger charge is -2.21. The number of likely N-dealkylation sites (tertiary alicyclic amines) is 1. The average Bonchev–Trinajstić information content (AvgIpc) is 3.46. The predicted octanol–water partition coefficient (Wildman–Crippen LogP) is 3.85. The number of rotatable bonds is 3. The maximum absolute atomic E-state index is 13.1. The number of carbonyl (C=O) groups is 1. The molecule has 5 rings (SSSR count). The van der Waals surface area contributed by atoms with Crippen LogP contribution in [-0.2, 0) is 0 Å². The number of amides is 1. The van der Waals surface area contributed by atoms with Crippen LogP contribution < -0.4 is 0 Å². The summed E-state index contributed by atoms with van der Waals surface area (Å²) in [7, 11) is 0. The molecule has 3 heterocycles. The Kier molecular flexibility index (Phi) is 3.94. The van der Waals surface area contributed by atoms with Crippen molar-refractivity contribution in [2.45, 2.75) is 18.9 Å². The number of aromatic nitrogens is 4. The number of nitrogens with zero attached hydrogens (tertiary/aromatic N) is 5. The van der Waals surface area contributed by atoms with Gasteiger partial charge in [0.15, 0.2) is 5.69 Å². The molecule has 7 heteroatoms. The molecule has 1 atom stereocenters. The largest absolute Gasteiger partial charge is 0.328 e. The van der Waals surface area contributed by atoms with E-state index in [0.29, 0.717) is 5.69 Å². The molecular weight excluding hydrogens is 358 g/mol. The van der Waals surface area contributed by atoms with Gasteiger partial charge in [0.2, 0.25) is 0 Å². The van der Waals surface area contributed by atoms with Gasteiger partial charge >= 0.3 is 0 Å². The Morgan fingerprint density at radius 1 is 1.07 bits per heavy atom. The Morgan fingerprint density at radius 3 is 2.74 bits per heavy atom. The van der Waals surface area contributed by atoms with Crippen molar-refractivity contribution in [2.75, 3.05) is 6.54 Å². The van der Waals surface area contributed by atoms with Gasteiger partial charge < -0.3 is 4.90 Å². The van der Waals surface area contributed by atoms with E-state index in [1.165, 1.54) is 4.80 Å².